The van der Waals surface area contributed by atoms with E-state index in [4.69, 9.17) is 23.0 Å². The Bertz CT molecular complexity index is 2010. The number of hydrogen-bond acceptors (Lipinski definition) is 5. The summed E-state index contributed by atoms with van der Waals surface area (Å²) in [6, 6.07) is 58.5. The molecule has 2 aliphatic heterocycles. The molecule has 2 heterocycles. The van der Waals surface area contributed by atoms with E-state index in [0.29, 0.717) is 11.3 Å². The Morgan fingerprint density at radius 2 is 0.875 bits per heavy atom. The maximum atomic E-state index is 7.75. The molecule has 0 aromatic heterocycles. The molecule has 0 unspecified atom stereocenters. The van der Waals surface area contributed by atoms with Gasteiger partial charge in [-0.15, -0.1) is 0 Å². The quantitative estimate of drug-likeness (QED) is 0.130. The normalized spacial score (nSPS) is 20.2. The molecule has 2 saturated heterocycles. The second-order valence-corrected chi connectivity index (χ2v) is 19.9. The highest BCUT2D eigenvalue weighted by molar-refractivity contribution is 7.67. The molecule has 2 aliphatic rings. The van der Waals surface area contributed by atoms with Crippen LogP contribution in [0.1, 0.15) is 63.8 Å². The Kier molecular flexibility index (Phi) is 11.0. The smallest absolute Gasteiger partial charge is 0.399 e. The van der Waals surface area contributed by atoms with Gasteiger partial charge in [-0.2, -0.15) is 0 Å². The van der Waals surface area contributed by atoms with Crippen LogP contribution >= 0.6 is 16.5 Å². The van der Waals surface area contributed by atoms with Crippen LogP contribution in [-0.2, 0) is 29.7 Å². The van der Waals surface area contributed by atoms with Crippen molar-refractivity contribution in [3.63, 3.8) is 0 Å². The molecule has 8 rings (SSSR count). The van der Waals surface area contributed by atoms with Crippen LogP contribution in [0.4, 0.5) is 0 Å². The fourth-order valence-electron chi connectivity index (χ4n) is 8.59. The van der Waals surface area contributed by atoms with Crippen molar-refractivity contribution >= 4 is 21.8 Å². The summed E-state index contributed by atoms with van der Waals surface area (Å²) < 4.78 is 37.5. The van der Waals surface area contributed by atoms with E-state index >= 15 is 0 Å². The lowest BCUT2D eigenvalue weighted by Gasteiger charge is -2.41. The molecule has 2 atom stereocenters. The van der Waals surface area contributed by atoms with Gasteiger partial charge in [0.25, 0.3) is 0 Å². The molecule has 6 aromatic rings. The predicted octanol–water partition coefficient (Wildman–Crippen LogP) is 12.3. The van der Waals surface area contributed by atoms with Crippen molar-refractivity contribution in [1.29, 1.82) is 0 Å². The van der Waals surface area contributed by atoms with Gasteiger partial charge in [0.1, 0.15) is 18.0 Å². The van der Waals surface area contributed by atoms with Crippen molar-refractivity contribution in [2.75, 3.05) is 0 Å². The first-order valence-electron chi connectivity index (χ1n) is 19.5. The number of benzene rings is 6. The Morgan fingerprint density at radius 1 is 0.500 bits per heavy atom. The standard InChI is InChI=1S/C49H50O5P2/c1-35(2)55(36(3)4)43-34-22-33-42(37-23-12-7-13-24-37)44(43)52-56-53-48(38-25-14-8-15-26-38,39-27-16-9-17-28-39)45-46(51-47(5,6)50-45)49(54-56,40-29-18-10-19-30-40)41-31-20-11-21-32-41/h7-36,45-46H,1-6H3/t45-,46-/m1/s1. The van der Waals surface area contributed by atoms with E-state index in [1.807, 2.05) is 44.2 Å². The van der Waals surface area contributed by atoms with Gasteiger partial charge in [0, 0.05) is 10.9 Å². The van der Waals surface area contributed by atoms with Gasteiger partial charge in [0.15, 0.2) is 17.0 Å². The Balaban J connectivity index is 1.45. The Hall–Kier alpha value is -4.18. The molecule has 2 fully saturated rings. The van der Waals surface area contributed by atoms with E-state index in [1.165, 1.54) is 5.30 Å². The minimum Gasteiger partial charge on any atom is -0.425 e. The summed E-state index contributed by atoms with van der Waals surface area (Å²) in [5, 5.41) is 1.19. The van der Waals surface area contributed by atoms with Crippen molar-refractivity contribution in [1.82, 2.24) is 0 Å². The summed E-state index contributed by atoms with van der Waals surface area (Å²) in [6.07, 6.45) is -1.38. The Morgan fingerprint density at radius 3 is 1.25 bits per heavy atom. The maximum Gasteiger partial charge on any atom is 0.399 e. The van der Waals surface area contributed by atoms with E-state index in [1.54, 1.807) is 0 Å². The van der Waals surface area contributed by atoms with Crippen LogP contribution in [0.2, 0.25) is 0 Å². The van der Waals surface area contributed by atoms with Gasteiger partial charge in [0.05, 0.1) is 0 Å². The van der Waals surface area contributed by atoms with E-state index in [9.17, 15) is 0 Å². The molecule has 7 heteroatoms. The minimum absolute atomic E-state index is 0.408. The van der Waals surface area contributed by atoms with Gasteiger partial charge in [-0.05, 0) is 53.0 Å². The van der Waals surface area contributed by atoms with E-state index in [0.717, 1.165) is 39.1 Å². The van der Waals surface area contributed by atoms with Crippen LogP contribution in [0.5, 0.6) is 5.75 Å². The molecular formula is C49H50O5P2. The largest absolute Gasteiger partial charge is 0.425 e. The summed E-state index contributed by atoms with van der Waals surface area (Å²) in [6.45, 7) is 13.2. The first-order chi connectivity index (χ1) is 27.1. The van der Waals surface area contributed by atoms with Crippen LogP contribution in [-0.4, -0.2) is 29.3 Å². The third-order valence-electron chi connectivity index (χ3n) is 10.8. The fourth-order valence-corrected chi connectivity index (χ4v) is 13.2. The fraction of sp³-hybridized carbons (Fsp3) is 0.265. The van der Waals surface area contributed by atoms with E-state index < -0.39 is 45.7 Å². The average molecular weight is 781 g/mol. The highest BCUT2D eigenvalue weighted by Crippen LogP contribution is 2.65. The number of hydrogen-bond donors (Lipinski definition) is 0. The van der Waals surface area contributed by atoms with Crippen LogP contribution in [0.25, 0.3) is 11.1 Å². The third-order valence-corrected chi connectivity index (χ3v) is 15.1. The molecule has 56 heavy (non-hydrogen) atoms. The molecular weight excluding hydrogens is 730 g/mol. The average Bonchev–Trinajstić information content (AvgIpc) is 3.50. The lowest BCUT2D eigenvalue weighted by Crippen LogP contribution is -2.53. The number of fused-ring (bicyclic) bond motifs is 1. The topological polar surface area (TPSA) is 46.2 Å². The van der Waals surface area contributed by atoms with Crippen molar-refractivity contribution in [3.8, 4) is 16.9 Å². The van der Waals surface area contributed by atoms with Gasteiger partial charge in [-0.25, -0.2) is 0 Å². The molecule has 0 spiro atoms. The monoisotopic (exact) mass is 780 g/mol. The highest BCUT2D eigenvalue weighted by Gasteiger charge is 2.67. The zero-order valence-corrected chi connectivity index (χ0v) is 34.7. The molecule has 0 saturated carbocycles. The van der Waals surface area contributed by atoms with Crippen LogP contribution in [0.3, 0.4) is 0 Å². The first kappa shape index (κ1) is 38.7. The highest BCUT2D eigenvalue weighted by atomic mass is 31.2. The number of rotatable bonds is 10. The molecule has 0 bridgehead atoms. The van der Waals surface area contributed by atoms with Crippen LogP contribution in [0.15, 0.2) is 170 Å². The number of para-hydroxylation sites is 1. The van der Waals surface area contributed by atoms with Crippen molar-refractivity contribution < 1.29 is 23.0 Å². The SMILES string of the molecule is CC(C)P(c1cccc(-c2ccccc2)c1OP1OC(c2ccccc2)(c2ccccc2)[C@@H]2OC(C)(C)O[C@H]2C(c2ccccc2)(c2ccccc2)O1)C(C)C. The zero-order valence-electron chi connectivity index (χ0n) is 32.9. The van der Waals surface area contributed by atoms with E-state index in [2.05, 4.69) is 167 Å². The molecule has 0 aliphatic carbocycles. The van der Waals surface area contributed by atoms with Crippen LogP contribution < -0.4 is 9.83 Å². The molecule has 0 N–H and O–H groups in total. The van der Waals surface area contributed by atoms with Crippen molar-refractivity contribution in [2.45, 2.75) is 82.1 Å². The van der Waals surface area contributed by atoms with Gasteiger partial charge >= 0.3 is 8.60 Å². The van der Waals surface area contributed by atoms with Crippen molar-refractivity contribution in [2.24, 2.45) is 0 Å². The summed E-state index contributed by atoms with van der Waals surface area (Å²) in [5.74, 6) is -0.193. The lowest BCUT2D eigenvalue weighted by atomic mass is 9.72. The van der Waals surface area contributed by atoms with Gasteiger partial charge in [0.2, 0.25) is 0 Å². The summed E-state index contributed by atoms with van der Waals surface area (Å²) in [7, 11) is -2.89. The molecule has 286 valence electrons. The molecule has 6 aromatic carbocycles. The van der Waals surface area contributed by atoms with E-state index in [-0.39, 0.29) is 0 Å². The third kappa shape index (κ3) is 7.05. The summed E-state index contributed by atoms with van der Waals surface area (Å²) in [4.78, 5) is 0. The second kappa shape index (κ2) is 16.0. The zero-order chi connectivity index (χ0) is 38.9. The first-order valence-corrected chi connectivity index (χ1v) is 22.1. The summed E-state index contributed by atoms with van der Waals surface area (Å²) in [5.41, 5.74) is 4.11. The van der Waals surface area contributed by atoms with Crippen LogP contribution in [0, 0.1) is 0 Å². The van der Waals surface area contributed by atoms with Gasteiger partial charge < -0.3 is 14.0 Å². The molecule has 5 nitrogen and oxygen atoms in total. The lowest BCUT2D eigenvalue weighted by molar-refractivity contribution is -0.175. The summed E-state index contributed by atoms with van der Waals surface area (Å²) >= 11 is 0. The minimum atomic E-state index is -2.24. The van der Waals surface area contributed by atoms with Gasteiger partial charge in [-0.1, -0.05) is 205 Å². The Labute approximate surface area is 334 Å². The maximum absolute atomic E-state index is 7.75. The second-order valence-electron chi connectivity index (χ2n) is 15.5. The van der Waals surface area contributed by atoms with Gasteiger partial charge in [-0.3, -0.25) is 9.05 Å². The predicted molar refractivity (Wildman–Crippen MR) is 230 cm³/mol. The number of ether oxygens (including phenoxy) is 2. The van der Waals surface area contributed by atoms with Crippen molar-refractivity contribution in [3.05, 3.63) is 192 Å². The molecule has 0 amide bonds. The molecule has 0 radical (unpaired) electrons.